The fourth-order valence-corrected chi connectivity index (χ4v) is 2.62. The molecule has 0 aliphatic heterocycles. The van der Waals surface area contributed by atoms with Gasteiger partial charge in [0.1, 0.15) is 4.33 Å². The number of benzene rings is 1. The van der Waals surface area contributed by atoms with E-state index in [1.54, 1.807) is 0 Å². The van der Waals surface area contributed by atoms with Crippen LogP contribution in [0.4, 0.5) is 5.69 Å². The highest BCUT2D eigenvalue weighted by molar-refractivity contribution is 6.52. The molecule has 2 nitrogen and oxygen atoms in total. The Hall–Kier alpha value is -0.730. The van der Waals surface area contributed by atoms with E-state index in [9.17, 15) is 4.79 Å². The average Bonchev–Trinajstić information content (AvgIpc) is 2.98. The quantitative estimate of drug-likeness (QED) is 0.834. The summed E-state index contributed by atoms with van der Waals surface area (Å²) in [6.45, 7) is 4.16. The molecule has 4 heteroatoms. The Labute approximate surface area is 118 Å². The van der Waals surface area contributed by atoms with E-state index in [1.807, 2.05) is 18.2 Å². The molecule has 1 fully saturated rings. The predicted molar refractivity (Wildman–Crippen MR) is 76.4 cm³/mol. The highest BCUT2D eigenvalue weighted by atomic mass is 35.5. The summed E-state index contributed by atoms with van der Waals surface area (Å²) in [6.07, 6.45) is 2.32. The lowest BCUT2D eigenvalue weighted by atomic mass is 10.0. The van der Waals surface area contributed by atoms with E-state index in [0.29, 0.717) is 6.42 Å². The molecule has 1 aliphatic carbocycles. The first-order valence-corrected chi connectivity index (χ1v) is 7.04. The molecule has 2 rings (SSSR count). The number of hydrogen-bond acceptors (Lipinski definition) is 1. The first-order chi connectivity index (χ1) is 8.49. The number of carbonyl (C=O) groups is 1. The van der Waals surface area contributed by atoms with Gasteiger partial charge < -0.3 is 5.32 Å². The molecule has 0 heterocycles. The molecule has 1 aromatic rings. The van der Waals surface area contributed by atoms with Gasteiger partial charge in [-0.2, -0.15) is 0 Å². The summed E-state index contributed by atoms with van der Waals surface area (Å²) in [5.74, 6) is -0.356. The van der Waals surface area contributed by atoms with Gasteiger partial charge in [0.2, 0.25) is 5.91 Å². The lowest BCUT2D eigenvalue weighted by Crippen LogP contribution is -2.19. The van der Waals surface area contributed by atoms with Gasteiger partial charge in [-0.25, -0.2) is 0 Å². The van der Waals surface area contributed by atoms with Crippen molar-refractivity contribution in [3.05, 3.63) is 29.3 Å². The number of para-hydroxylation sites is 1. The standard InChI is InChI=1S/C14H17Cl2NO/c1-3-9-6-5-7-10(4-2)12(9)17-13(18)11-8-14(11,15)16/h5-7,11H,3-4,8H2,1-2H3,(H,17,18). The van der Waals surface area contributed by atoms with E-state index >= 15 is 0 Å². The van der Waals surface area contributed by atoms with E-state index in [0.717, 1.165) is 29.7 Å². The summed E-state index contributed by atoms with van der Waals surface area (Å²) in [5, 5.41) is 2.99. The normalized spacial score (nSPS) is 20.6. The molecule has 0 saturated heterocycles. The van der Waals surface area contributed by atoms with Gasteiger partial charge in [0.25, 0.3) is 0 Å². The van der Waals surface area contributed by atoms with Crippen molar-refractivity contribution in [2.24, 2.45) is 5.92 Å². The molecule has 0 bridgehead atoms. The van der Waals surface area contributed by atoms with Crippen molar-refractivity contribution in [2.45, 2.75) is 37.4 Å². The minimum atomic E-state index is -0.863. The van der Waals surface area contributed by atoms with Crippen molar-refractivity contribution in [3.8, 4) is 0 Å². The lowest BCUT2D eigenvalue weighted by molar-refractivity contribution is -0.117. The highest BCUT2D eigenvalue weighted by Crippen LogP contribution is 2.53. The van der Waals surface area contributed by atoms with Crippen molar-refractivity contribution in [1.29, 1.82) is 0 Å². The van der Waals surface area contributed by atoms with Gasteiger partial charge in [-0.05, 0) is 30.4 Å². The topological polar surface area (TPSA) is 29.1 Å². The number of nitrogens with one attached hydrogen (secondary N) is 1. The summed E-state index contributed by atoms with van der Waals surface area (Å²) in [7, 11) is 0. The van der Waals surface area contributed by atoms with E-state index < -0.39 is 4.33 Å². The van der Waals surface area contributed by atoms with Crippen LogP contribution in [-0.4, -0.2) is 10.2 Å². The second-order valence-corrected chi connectivity index (χ2v) is 6.21. The van der Waals surface area contributed by atoms with Gasteiger partial charge in [0.15, 0.2) is 0 Å². The average molecular weight is 286 g/mol. The zero-order chi connectivity index (χ0) is 13.3. The Balaban J connectivity index is 2.20. The molecule has 1 saturated carbocycles. The number of aryl methyl sites for hydroxylation is 2. The van der Waals surface area contributed by atoms with Crippen molar-refractivity contribution in [3.63, 3.8) is 0 Å². The van der Waals surface area contributed by atoms with Crippen LogP contribution in [0.15, 0.2) is 18.2 Å². The van der Waals surface area contributed by atoms with E-state index in [1.165, 1.54) is 0 Å². The Morgan fingerprint density at radius 3 is 2.22 bits per heavy atom. The Kier molecular flexibility index (Phi) is 3.88. The minimum absolute atomic E-state index is 0.0735. The molecular weight excluding hydrogens is 269 g/mol. The van der Waals surface area contributed by atoms with Gasteiger partial charge in [-0.1, -0.05) is 32.0 Å². The maximum Gasteiger partial charge on any atom is 0.230 e. The summed E-state index contributed by atoms with van der Waals surface area (Å²) in [4.78, 5) is 12.0. The van der Waals surface area contributed by atoms with Crippen LogP contribution in [0.2, 0.25) is 0 Å². The lowest BCUT2D eigenvalue weighted by Gasteiger charge is -2.14. The zero-order valence-electron chi connectivity index (χ0n) is 10.6. The summed E-state index contributed by atoms with van der Waals surface area (Å²) in [5.41, 5.74) is 3.24. The molecule has 1 N–H and O–H groups in total. The van der Waals surface area contributed by atoms with Crippen molar-refractivity contribution < 1.29 is 4.79 Å². The number of alkyl halides is 2. The van der Waals surface area contributed by atoms with Crippen LogP contribution in [0, 0.1) is 5.92 Å². The van der Waals surface area contributed by atoms with Gasteiger partial charge in [0.05, 0.1) is 5.92 Å². The van der Waals surface area contributed by atoms with Crippen molar-refractivity contribution >= 4 is 34.8 Å². The van der Waals surface area contributed by atoms with Crippen LogP contribution in [0.25, 0.3) is 0 Å². The molecular formula is C14H17Cl2NO. The van der Waals surface area contributed by atoms with Crippen molar-refractivity contribution in [1.82, 2.24) is 0 Å². The molecule has 1 amide bonds. The summed E-state index contributed by atoms with van der Waals surface area (Å²) >= 11 is 11.8. The maximum absolute atomic E-state index is 12.0. The van der Waals surface area contributed by atoms with Gasteiger partial charge in [-0.3, -0.25) is 4.79 Å². The van der Waals surface area contributed by atoms with Gasteiger partial charge in [-0.15, -0.1) is 23.2 Å². The monoisotopic (exact) mass is 285 g/mol. The predicted octanol–water partition coefficient (Wildman–Crippen LogP) is 3.94. The first-order valence-electron chi connectivity index (χ1n) is 6.29. The smallest absolute Gasteiger partial charge is 0.230 e. The van der Waals surface area contributed by atoms with Crippen molar-refractivity contribution in [2.75, 3.05) is 5.32 Å². The van der Waals surface area contributed by atoms with Crippen LogP contribution < -0.4 is 5.32 Å². The van der Waals surface area contributed by atoms with E-state index in [4.69, 9.17) is 23.2 Å². The Morgan fingerprint density at radius 2 is 1.83 bits per heavy atom. The number of rotatable bonds is 4. The van der Waals surface area contributed by atoms with Crippen LogP contribution >= 0.6 is 23.2 Å². The fraction of sp³-hybridized carbons (Fsp3) is 0.500. The second kappa shape index (κ2) is 5.10. The van der Waals surface area contributed by atoms with E-state index in [2.05, 4.69) is 19.2 Å². The molecule has 0 radical (unpaired) electrons. The number of amides is 1. The summed E-state index contributed by atoms with van der Waals surface area (Å²) < 4.78 is -0.863. The Bertz CT molecular complexity index is 449. The van der Waals surface area contributed by atoms with Crippen LogP contribution in [-0.2, 0) is 17.6 Å². The molecule has 1 aromatic carbocycles. The molecule has 0 spiro atoms. The van der Waals surface area contributed by atoms with E-state index in [-0.39, 0.29) is 11.8 Å². The molecule has 1 atom stereocenters. The number of halogens is 2. The molecule has 0 aromatic heterocycles. The molecule has 18 heavy (non-hydrogen) atoms. The fourth-order valence-electron chi connectivity index (χ4n) is 2.11. The molecule has 98 valence electrons. The molecule has 1 unspecified atom stereocenters. The largest absolute Gasteiger partial charge is 0.325 e. The first kappa shape index (κ1) is 13.7. The van der Waals surface area contributed by atoms with Crippen LogP contribution in [0.1, 0.15) is 31.4 Å². The van der Waals surface area contributed by atoms with Gasteiger partial charge >= 0.3 is 0 Å². The zero-order valence-corrected chi connectivity index (χ0v) is 12.1. The minimum Gasteiger partial charge on any atom is -0.325 e. The van der Waals surface area contributed by atoms with Crippen LogP contribution in [0.3, 0.4) is 0 Å². The molecule has 1 aliphatic rings. The van der Waals surface area contributed by atoms with Crippen LogP contribution in [0.5, 0.6) is 0 Å². The third-order valence-electron chi connectivity index (χ3n) is 3.39. The highest BCUT2D eigenvalue weighted by Gasteiger charge is 2.56. The number of hydrogen-bond donors (Lipinski definition) is 1. The summed E-state index contributed by atoms with van der Waals surface area (Å²) in [6, 6.07) is 6.10. The van der Waals surface area contributed by atoms with Gasteiger partial charge in [0, 0.05) is 5.69 Å². The second-order valence-electron chi connectivity index (χ2n) is 4.67. The third kappa shape index (κ3) is 2.65. The Morgan fingerprint density at radius 1 is 1.33 bits per heavy atom. The maximum atomic E-state index is 12.0. The SMILES string of the molecule is CCc1cccc(CC)c1NC(=O)C1CC1(Cl)Cl. The third-order valence-corrected chi connectivity index (χ3v) is 4.22. The number of carbonyl (C=O) groups excluding carboxylic acids is 1. The number of anilines is 1.